The van der Waals surface area contributed by atoms with Crippen LogP contribution >= 0.6 is 0 Å². The number of rotatable bonds is 6. The Hall–Kier alpha value is -2.53. The summed E-state index contributed by atoms with van der Waals surface area (Å²) in [5.41, 5.74) is 0.964. The molecule has 0 radical (unpaired) electrons. The van der Waals surface area contributed by atoms with Crippen LogP contribution in [0.1, 0.15) is 18.9 Å². The lowest BCUT2D eigenvalue weighted by Crippen LogP contribution is -2.41. The first-order chi connectivity index (χ1) is 12.3. The minimum atomic E-state index is -0.272. The maximum absolute atomic E-state index is 12.4. The van der Waals surface area contributed by atoms with Crippen LogP contribution in [-0.2, 0) is 11.3 Å². The van der Waals surface area contributed by atoms with E-state index in [2.05, 4.69) is 5.32 Å². The summed E-state index contributed by atoms with van der Waals surface area (Å²) in [5, 5.41) is 3.31. The molecule has 0 bridgehead atoms. The fourth-order valence-electron chi connectivity index (χ4n) is 2.99. The zero-order chi connectivity index (χ0) is 17.5. The molecule has 0 saturated carbocycles. The number of hydrogen-bond acceptors (Lipinski definition) is 4. The fourth-order valence-corrected chi connectivity index (χ4v) is 2.99. The van der Waals surface area contributed by atoms with E-state index in [1.165, 1.54) is 0 Å². The van der Waals surface area contributed by atoms with Crippen molar-refractivity contribution in [3.05, 3.63) is 60.2 Å². The molecule has 1 fully saturated rings. The van der Waals surface area contributed by atoms with E-state index in [9.17, 15) is 4.79 Å². The average Bonchev–Trinajstić information content (AvgIpc) is 3.16. The van der Waals surface area contributed by atoms with E-state index in [0.717, 1.165) is 36.6 Å². The third-order valence-electron chi connectivity index (χ3n) is 4.26. The van der Waals surface area contributed by atoms with Crippen LogP contribution in [0.2, 0.25) is 0 Å². The van der Waals surface area contributed by atoms with Crippen LogP contribution in [-0.4, -0.2) is 36.7 Å². The normalized spacial score (nSPS) is 16.4. The molecule has 0 unspecified atom stereocenters. The van der Waals surface area contributed by atoms with Crippen LogP contribution in [0, 0.1) is 0 Å². The first-order valence-corrected chi connectivity index (χ1v) is 8.73. The standard InChI is InChI=1S/C20H24N2O3/c1-2-24-20(23)22(17-12-13-21-14-17)15-16-8-6-7-11-19(16)25-18-9-4-3-5-10-18/h3-11,17,21H,2,12-15H2,1H3/t17-/m0/s1. The van der Waals surface area contributed by atoms with Crippen molar-refractivity contribution >= 4 is 6.09 Å². The van der Waals surface area contributed by atoms with Crippen LogP contribution in [0.5, 0.6) is 11.5 Å². The molecule has 1 atom stereocenters. The maximum Gasteiger partial charge on any atom is 0.410 e. The van der Waals surface area contributed by atoms with Crippen LogP contribution < -0.4 is 10.1 Å². The summed E-state index contributed by atoms with van der Waals surface area (Å²) in [5.74, 6) is 1.54. The van der Waals surface area contributed by atoms with Crippen molar-refractivity contribution in [1.82, 2.24) is 10.2 Å². The Balaban J connectivity index is 1.80. The molecular formula is C20H24N2O3. The lowest BCUT2D eigenvalue weighted by molar-refractivity contribution is 0.0896. The third-order valence-corrected chi connectivity index (χ3v) is 4.26. The number of nitrogens with one attached hydrogen (secondary N) is 1. The minimum absolute atomic E-state index is 0.142. The van der Waals surface area contributed by atoms with Crippen molar-refractivity contribution in [2.75, 3.05) is 19.7 Å². The van der Waals surface area contributed by atoms with Crippen molar-refractivity contribution < 1.29 is 14.3 Å². The van der Waals surface area contributed by atoms with Gasteiger partial charge in [-0.3, -0.25) is 4.90 Å². The number of hydrogen-bond donors (Lipinski definition) is 1. The van der Waals surface area contributed by atoms with Crippen LogP contribution in [0.25, 0.3) is 0 Å². The molecule has 1 heterocycles. The quantitative estimate of drug-likeness (QED) is 0.869. The highest BCUT2D eigenvalue weighted by atomic mass is 16.6. The lowest BCUT2D eigenvalue weighted by Gasteiger charge is -2.28. The highest BCUT2D eigenvalue weighted by Gasteiger charge is 2.28. The Kier molecular flexibility index (Phi) is 5.90. The number of nitrogens with zero attached hydrogens (tertiary/aromatic N) is 1. The van der Waals surface area contributed by atoms with Gasteiger partial charge in [0.05, 0.1) is 13.2 Å². The van der Waals surface area contributed by atoms with Gasteiger partial charge >= 0.3 is 6.09 Å². The average molecular weight is 340 g/mol. The molecule has 5 heteroatoms. The molecule has 1 aliphatic rings. The Morgan fingerprint density at radius 3 is 2.64 bits per heavy atom. The largest absolute Gasteiger partial charge is 0.457 e. The highest BCUT2D eigenvalue weighted by molar-refractivity contribution is 5.68. The van der Waals surface area contributed by atoms with E-state index in [1.807, 2.05) is 61.5 Å². The van der Waals surface area contributed by atoms with Gasteiger partial charge in [0.2, 0.25) is 0 Å². The predicted molar refractivity (Wildman–Crippen MR) is 96.8 cm³/mol. The second kappa shape index (κ2) is 8.53. The van der Waals surface area contributed by atoms with Crippen molar-refractivity contribution in [3.63, 3.8) is 0 Å². The number of para-hydroxylation sites is 2. The number of amides is 1. The Bertz CT molecular complexity index is 684. The topological polar surface area (TPSA) is 50.8 Å². The van der Waals surface area contributed by atoms with Crippen molar-refractivity contribution in [2.45, 2.75) is 25.9 Å². The minimum Gasteiger partial charge on any atom is -0.457 e. The molecule has 132 valence electrons. The summed E-state index contributed by atoms with van der Waals surface area (Å²) in [6.07, 6.45) is 0.659. The summed E-state index contributed by atoms with van der Waals surface area (Å²) in [4.78, 5) is 14.2. The molecule has 1 N–H and O–H groups in total. The molecular weight excluding hydrogens is 316 g/mol. The van der Waals surface area contributed by atoms with Gasteiger partial charge in [-0.1, -0.05) is 36.4 Å². The van der Waals surface area contributed by atoms with Gasteiger partial charge < -0.3 is 14.8 Å². The number of carbonyl (C=O) groups is 1. The fraction of sp³-hybridized carbons (Fsp3) is 0.350. The molecule has 3 rings (SSSR count). The summed E-state index contributed by atoms with van der Waals surface area (Å²) in [6, 6.07) is 17.6. The van der Waals surface area contributed by atoms with Crippen LogP contribution in [0.15, 0.2) is 54.6 Å². The number of carbonyl (C=O) groups excluding carboxylic acids is 1. The molecule has 25 heavy (non-hydrogen) atoms. The van der Waals surface area contributed by atoms with E-state index >= 15 is 0 Å². The molecule has 1 saturated heterocycles. The summed E-state index contributed by atoms with van der Waals surface area (Å²) in [6.45, 7) is 4.38. The SMILES string of the molecule is CCOC(=O)N(Cc1ccccc1Oc1ccccc1)[C@H]1CCNC1. The Morgan fingerprint density at radius 1 is 1.16 bits per heavy atom. The number of ether oxygens (including phenoxy) is 2. The highest BCUT2D eigenvalue weighted by Crippen LogP contribution is 2.27. The van der Waals surface area contributed by atoms with Crippen molar-refractivity contribution in [1.29, 1.82) is 0 Å². The third kappa shape index (κ3) is 4.51. The van der Waals surface area contributed by atoms with Crippen LogP contribution in [0.3, 0.4) is 0 Å². The van der Waals surface area contributed by atoms with Crippen LogP contribution in [0.4, 0.5) is 4.79 Å². The molecule has 5 nitrogen and oxygen atoms in total. The lowest BCUT2D eigenvalue weighted by atomic mass is 10.1. The summed E-state index contributed by atoms with van der Waals surface area (Å²) < 4.78 is 11.3. The maximum atomic E-state index is 12.4. The van der Waals surface area contributed by atoms with Gasteiger partial charge in [0.15, 0.2) is 0 Å². The van der Waals surface area contributed by atoms with Gasteiger partial charge in [-0.15, -0.1) is 0 Å². The van der Waals surface area contributed by atoms with Gasteiger partial charge in [-0.25, -0.2) is 4.79 Å². The molecule has 0 aliphatic carbocycles. The van der Waals surface area contributed by atoms with E-state index in [4.69, 9.17) is 9.47 Å². The summed E-state index contributed by atoms with van der Waals surface area (Å²) in [7, 11) is 0. The predicted octanol–water partition coefficient (Wildman–Crippen LogP) is 3.80. The second-order valence-electron chi connectivity index (χ2n) is 6.00. The van der Waals surface area contributed by atoms with E-state index in [-0.39, 0.29) is 12.1 Å². The zero-order valence-electron chi connectivity index (χ0n) is 14.5. The van der Waals surface area contributed by atoms with E-state index in [0.29, 0.717) is 13.2 Å². The molecule has 2 aromatic rings. The van der Waals surface area contributed by atoms with E-state index in [1.54, 1.807) is 4.90 Å². The van der Waals surface area contributed by atoms with Gasteiger partial charge in [-0.2, -0.15) is 0 Å². The molecule has 0 spiro atoms. The van der Waals surface area contributed by atoms with Crippen molar-refractivity contribution in [3.8, 4) is 11.5 Å². The van der Waals surface area contributed by atoms with Crippen molar-refractivity contribution in [2.24, 2.45) is 0 Å². The molecule has 1 amide bonds. The molecule has 0 aromatic heterocycles. The summed E-state index contributed by atoms with van der Waals surface area (Å²) >= 11 is 0. The first-order valence-electron chi connectivity index (χ1n) is 8.73. The van der Waals surface area contributed by atoms with Gasteiger partial charge in [0, 0.05) is 18.2 Å². The van der Waals surface area contributed by atoms with Gasteiger partial charge in [0.25, 0.3) is 0 Å². The first kappa shape index (κ1) is 17.3. The second-order valence-corrected chi connectivity index (χ2v) is 6.00. The molecule has 1 aliphatic heterocycles. The Morgan fingerprint density at radius 2 is 1.92 bits per heavy atom. The van der Waals surface area contributed by atoms with Gasteiger partial charge in [0.1, 0.15) is 11.5 Å². The Labute approximate surface area is 148 Å². The monoisotopic (exact) mass is 340 g/mol. The smallest absolute Gasteiger partial charge is 0.410 e. The zero-order valence-corrected chi connectivity index (χ0v) is 14.5. The van der Waals surface area contributed by atoms with Gasteiger partial charge in [-0.05, 0) is 38.1 Å². The number of benzene rings is 2. The van der Waals surface area contributed by atoms with E-state index < -0.39 is 0 Å². The molecule has 2 aromatic carbocycles.